The first-order valence-electron chi connectivity index (χ1n) is 15.4. The van der Waals surface area contributed by atoms with Gasteiger partial charge < -0.3 is 0 Å². The third-order valence-corrected chi connectivity index (χ3v) is 11.2. The highest BCUT2D eigenvalue weighted by Gasteiger charge is 2.33. The Kier molecular flexibility index (Phi) is 20.5. The van der Waals surface area contributed by atoms with E-state index in [-0.39, 0.29) is 0 Å². The van der Waals surface area contributed by atoms with Crippen molar-refractivity contribution >= 4 is 37.0 Å². The molecule has 0 nitrogen and oxygen atoms in total. The molecule has 0 heterocycles. The standard InChI is InChI=1S/C31H62S3/c1-4-30(5-2,6-3)20-15-13-11-9-7-8-10-12-14-16-27-34-28-19-29-17-21-31(22-18-29,23-25-32)24-26-33/h29,32-33H,4-28H2,1-3H3. The van der Waals surface area contributed by atoms with Crippen LogP contribution in [0.15, 0.2) is 0 Å². The van der Waals surface area contributed by atoms with Crippen molar-refractivity contribution in [1.82, 2.24) is 0 Å². The molecule has 1 fully saturated rings. The van der Waals surface area contributed by atoms with Gasteiger partial charge in [0.15, 0.2) is 0 Å². The number of thiol groups is 2. The molecule has 0 aliphatic heterocycles. The average Bonchev–Trinajstić information content (AvgIpc) is 2.86. The van der Waals surface area contributed by atoms with E-state index in [1.807, 2.05) is 0 Å². The summed E-state index contributed by atoms with van der Waals surface area (Å²) < 4.78 is 0. The molecule has 0 aromatic heterocycles. The molecule has 34 heavy (non-hydrogen) atoms. The Bertz CT molecular complexity index is 422. The third kappa shape index (κ3) is 14.1. The summed E-state index contributed by atoms with van der Waals surface area (Å²) in [4.78, 5) is 0. The zero-order valence-corrected chi connectivity index (χ0v) is 26.2. The molecule has 1 aliphatic rings. The van der Waals surface area contributed by atoms with Crippen molar-refractivity contribution in [2.45, 2.75) is 156 Å². The van der Waals surface area contributed by atoms with Gasteiger partial charge in [-0.2, -0.15) is 37.0 Å². The third-order valence-electron chi connectivity index (χ3n) is 9.62. The summed E-state index contributed by atoms with van der Waals surface area (Å²) in [5.74, 6) is 5.88. The van der Waals surface area contributed by atoms with Crippen molar-refractivity contribution in [3.05, 3.63) is 0 Å². The smallest absolute Gasteiger partial charge is 0.00649 e. The van der Waals surface area contributed by atoms with Gasteiger partial charge in [0.05, 0.1) is 0 Å². The van der Waals surface area contributed by atoms with E-state index in [9.17, 15) is 0 Å². The summed E-state index contributed by atoms with van der Waals surface area (Å²) in [5, 5.41) is 0. The van der Waals surface area contributed by atoms with Gasteiger partial charge in [-0.1, -0.05) is 97.8 Å². The van der Waals surface area contributed by atoms with E-state index in [4.69, 9.17) is 0 Å². The summed E-state index contributed by atoms with van der Waals surface area (Å²) in [6, 6.07) is 0. The van der Waals surface area contributed by atoms with E-state index in [1.165, 1.54) is 146 Å². The van der Waals surface area contributed by atoms with Crippen molar-refractivity contribution in [3.8, 4) is 0 Å². The number of unbranched alkanes of at least 4 members (excludes halogenated alkanes) is 9. The number of hydrogen-bond donors (Lipinski definition) is 2. The van der Waals surface area contributed by atoms with Crippen LogP contribution in [0.1, 0.15) is 156 Å². The van der Waals surface area contributed by atoms with E-state index >= 15 is 0 Å². The first-order valence-corrected chi connectivity index (χ1v) is 17.8. The molecule has 1 aliphatic carbocycles. The minimum Gasteiger partial charge on any atom is -0.179 e. The number of rotatable bonds is 23. The zero-order chi connectivity index (χ0) is 25.0. The Balaban J connectivity index is 1.86. The van der Waals surface area contributed by atoms with Crippen LogP contribution in [0.25, 0.3) is 0 Å². The molecule has 0 aromatic carbocycles. The zero-order valence-electron chi connectivity index (χ0n) is 23.6. The van der Waals surface area contributed by atoms with E-state index in [2.05, 4.69) is 57.8 Å². The Morgan fingerprint density at radius 1 is 0.676 bits per heavy atom. The van der Waals surface area contributed by atoms with Gasteiger partial charge in [0, 0.05) is 0 Å². The fourth-order valence-corrected chi connectivity index (χ4v) is 8.49. The second-order valence-electron chi connectivity index (χ2n) is 11.6. The molecule has 0 spiro atoms. The maximum Gasteiger partial charge on any atom is -0.00649 e. The first kappa shape index (κ1) is 33.1. The topological polar surface area (TPSA) is 0 Å². The quantitative estimate of drug-likeness (QED) is 0.0978. The van der Waals surface area contributed by atoms with Crippen molar-refractivity contribution < 1.29 is 0 Å². The van der Waals surface area contributed by atoms with Gasteiger partial charge in [-0.25, -0.2) is 0 Å². The monoisotopic (exact) mass is 530 g/mol. The fraction of sp³-hybridized carbons (Fsp3) is 1.00. The van der Waals surface area contributed by atoms with Crippen molar-refractivity contribution in [3.63, 3.8) is 0 Å². The van der Waals surface area contributed by atoms with Crippen LogP contribution in [0.5, 0.6) is 0 Å². The summed E-state index contributed by atoms with van der Waals surface area (Å²) in [7, 11) is 0. The lowest BCUT2D eigenvalue weighted by atomic mass is 9.67. The second-order valence-corrected chi connectivity index (χ2v) is 13.8. The van der Waals surface area contributed by atoms with Crippen LogP contribution in [-0.4, -0.2) is 23.0 Å². The highest BCUT2D eigenvalue weighted by molar-refractivity contribution is 7.99. The first-order chi connectivity index (χ1) is 16.6. The van der Waals surface area contributed by atoms with Gasteiger partial charge in [-0.15, -0.1) is 0 Å². The molecule has 0 atom stereocenters. The van der Waals surface area contributed by atoms with Crippen LogP contribution in [-0.2, 0) is 0 Å². The molecule has 0 amide bonds. The van der Waals surface area contributed by atoms with Crippen LogP contribution in [0.3, 0.4) is 0 Å². The summed E-state index contributed by atoms with van der Waals surface area (Å²) in [6.07, 6.45) is 30.0. The Labute approximate surface area is 231 Å². The van der Waals surface area contributed by atoms with E-state index in [0.717, 1.165) is 17.4 Å². The molecule has 204 valence electrons. The van der Waals surface area contributed by atoms with Crippen LogP contribution in [0.4, 0.5) is 0 Å². The summed E-state index contributed by atoms with van der Waals surface area (Å²) in [6.45, 7) is 7.18. The van der Waals surface area contributed by atoms with Gasteiger partial charge >= 0.3 is 0 Å². The normalized spacial score (nSPS) is 16.9. The molecule has 0 radical (unpaired) electrons. The van der Waals surface area contributed by atoms with Crippen LogP contribution >= 0.6 is 37.0 Å². The number of hydrogen-bond acceptors (Lipinski definition) is 3. The van der Waals surface area contributed by atoms with Crippen molar-refractivity contribution in [2.75, 3.05) is 23.0 Å². The SMILES string of the molecule is CCC(CC)(CC)CCCCCCCCCCCCSCCC1CCC(CCS)(CCS)CC1. The Hall–Kier alpha value is 1.05. The lowest BCUT2D eigenvalue weighted by Crippen LogP contribution is -2.29. The molecule has 0 N–H and O–H groups in total. The van der Waals surface area contributed by atoms with Crippen molar-refractivity contribution in [1.29, 1.82) is 0 Å². The lowest BCUT2D eigenvalue weighted by Gasteiger charge is -2.40. The molecule has 0 unspecified atom stereocenters. The average molecular weight is 531 g/mol. The van der Waals surface area contributed by atoms with E-state index < -0.39 is 0 Å². The molecule has 0 aromatic rings. The second kappa shape index (κ2) is 21.0. The maximum atomic E-state index is 4.52. The summed E-state index contributed by atoms with van der Waals surface area (Å²) >= 11 is 11.3. The lowest BCUT2D eigenvalue weighted by molar-refractivity contribution is 0.138. The van der Waals surface area contributed by atoms with Crippen LogP contribution < -0.4 is 0 Å². The highest BCUT2D eigenvalue weighted by Crippen LogP contribution is 2.45. The molecule has 0 bridgehead atoms. The fourth-order valence-electron chi connectivity index (χ4n) is 6.43. The van der Waals surface area contributed by atoms with Crippen LogP contribution in [0, 0.1) is 16.7 Å². The minimum atomic E-state index is 0.581. The van der Waals surface area contributed by atoms with E-state index in [0.29, 0.717) is 10.8 Å². The van der Waals surface area contributed by atoms with E-state index in [1.54, 1.807) is 0 Å². The van der Waals surface area contributed by atoms with Gasteiger partial charge in [-0.3, -0.25) is 0 Å². The summed E-state index contributed by atoms with van der Waals surface area (Å²) in [5.41, 5.74) is 1.23. The Morgan fingerprint density at radius 3 is 1.62 bits per heavy atom. The molecular formula is C31H62S3. The predicted molar refractivity (Wildman–Crippen MR) is 167 cm³/mol. The molecular weight excluding hydrogens is 469 g/mol. The van der Waals surface area contributed by atoms with Gasteiger partial charge in [0.2, 0.25) is 0 Å². The Morgan fingerprint density at radius 2 is 1.15 bits per heavy atom. The van der Waals surface area contributed by atoms with Gasteiger partial charge in [0.25, 0.3) is 0 Å². The molecule has 1 rings (SSSR count). The van der Waals surface area contributed by atoms with Gasteiger partial charge in [0.1, 0.15) is 0 Å². The van der Waals surface area contributed by atoms with Crippen molar-refractivity contribution in [2.24, 2.45) is 16.7 Å². The number of thioether (sulfide) groups is 1. The highest BCUT2D eigenvalue weighted by atomic mass is 32.2. The largest absolute Gasteiger partial charge is 0.179 e. The van der Waals surface area contributed by atoms with Gasteiger partial charge in [-0.05, 0) is 97.5 Å². The molecule has 0 saturated heterocycles. The maximum absolute atomic E-state index is 4.52. The molecule has 1 saturated carbocycles. The predicted octanol–water partition coefficient (Wildman–Crippen LogP) is 11.4. The molecule has 3 heteroatoms. The van der Waals surface area contributed by atoms with Crippen LogP contribution in [0.2, 0.25) is 0 Å². The minimum absolute atomic E-state index is 0.581.